The molecule has 94 valence electrons. The van der Waals surface area contributed by atoms with Gasteiger partial charge in [-0.1, -0.05) is 29.3 Å². The fourth-order valence-electron chi connectivity index (χ4n) is 1.79. The molecule has 0 unspecified atom stereocenters. The first-order chi connectivity index (χ1) is 7.93. The fraction of sp³-hybridized carbons (Fsp3) is 0.400. The second-order valence-corrected chi connectivity index (χ2v) is 6.55. The highest BCUT2D eigenvalue weighted by Crippen LogP contribution is 2.32. The van der Waals surface area contributed by atoms with Gasteiger partial charge in [0.05, 0.1) is 16.1 Å². The zero-order valence-corrected chi connectivity index (χ0v) is 11.1. The summed E-state index contributed by atoms with van der Waals surface area (Å²) in [6.45, 7) is 0.370. The molecule has 2 rings (SSSR count). The van der Waals surface area contributed by atoms with Crippen molar-refractivity contribution in [2.45, 2.75) is 17.4 Å². The first-order valence-electron chi connectivity index (χ1n) is 5.05. The number of nitrogens with zero attached hydrogens (tertiary/aromatic N) is 1. The van der Waals surface area contributed by atoms with Crippen LogP contribution in [0.4, 0.5) is 0 Å². The Morgan fingerprint density at radius 1 is 1.29 bits per heavy atom. The Balaban J connectivity index is 2.45. The minimum absolute atomic E-state index is 0.0857. The van der Waals surface area contributed by atoms with Gasteiger partial charge in [-0.3, -0.25) is 0 Å². The maximum Gasteiger partial charge on any atom is 0.246 e. The molecule has 1 saturated heterocycles. The molecule has 1 aromatic rings. The summed E-state index contributed by atoms with van der Waals surface area (Å²) in [4.78, 5) is -0.0857. The summed E-state index contributed by atoms with van der Waals surface area (Å²) < 4.78 is 25.7. The van der Waals surface area contributed by atoms with Crippen molar-refractivity contribution in [1.82, 2.24) is 4.31 Å². The molecule has 0 aromatic heterocycles. The zero-order chi connectivity index (χ0) is 12.6. The summed E-state index contributed by atoms with van der Waals surface area (Å²) >= 11 is 11.8. The largest absolute Gasteiger partial charge is 0.392 e. The van der Waals surface area contributed by atoms with Crippen LogP contribution >= 0.6 is 23.2 Å². The fourth-order valence-corrected chi connectivity index (χ4v) is 4.37. The van der Waals surface area contributed by atoms with Crippen molar-refractivity contribution in [1.29, 1.82) is 0 Å². The summed E-state index contributed by atoms with van der Waals surface area (Å²) in [5.74, 6) is 0. The highest BCUT2D eigenvalue weighted by molar-refractivity contribution is 7.89. The number of rotatable bonds is 2. The lowest BCUT2D eigenvalue weighted by Crippen LogP contribution is -2.30. The third-order valence-corrected chi connectivity index (χ3v) is 5.46. The molecule has 0 aliphatic carbocycles. The lowest BCUT2D eigenvalue weighted by Gasteiger charge is -2.17. The van der Waals surface area contributed by atoms with Crippen molar-refractivity contribution in [3.63, 3.8) is 0 Å². The van der Waals surface area contributed by atoms with E-state index in [9.17, 15) is 13.5 Å². The van der Waals surface area contributed by atoms with E-state index in [-0.39, 0.29) is 28.0 Å². The van der Waals surface area contributed by atoms with Gasteiger partial charge in [0.15, 0.2) is 0 Å². The van der Waals surface area contributed by atoms with E-state index in [1.165, 1.54) is 16.4 Å². The second kappa shape index (κ2) is 4.74. The zero-order valence-electron chi connectivity index (χ0n) is 8.81. The van der Waals surface area contributed by atoms with E-state index in [1.807, 2.05) is 0 Å². The van der Waals surface area contributed by atoms with Gasteiger partial charge in [0.1, 0.15) is 4.90 Å². The Labute approximate surface area is 110 Å². The molecule has 7 heteroatoms. The predicted molar refractivity (Wildman–Crippen MR) is 65.8 cm³/mol. The number of benzene rings is 1. The van der Waals surface area contributed by atoms with Crippen LogP contribution in [0.1, 0.15) is 6.42 Å². The van der Waals surface area contributed by atoms with Gasteiger partial charge in [-0.05, 0) is 18.6 Å². The topological polar surface area (TPSA) is 57.6 Å². The molecule has 1 atom stereocenters. The van der Waals surface area contributed by atoms with Crippen LogP contribution in [0.5, 0.6) is 0 Å². The van der Waals surface area contributed by atoms with Crippen LogP contribution < -0.4 is 0 Å². The summed E-state index contributed by atoms with van der Waals surface area (Å²) in [5, 5.41) is 9.57. The smallest absolute Gasteiger partial charge is 0.246 e. The predicted octanol–water partition coefficient (Wildman–Crippen LogP) is 1.75. The van der Waals surface area contributed by atoms with Crippen molar-refractivity contribution in [2.24, 2.45) is 0 Å². The highest BCUT2D eigenvalue weighted by atomic mass is 35.5. The molecule has 0 bridgehead atoms. The summed E-state index contributed by atoms with van der Waals surface area (Å²) in [5.41, 5.74) is 0. The lowest BCUT2D eigenvalue weighted by molar-refractivity contribution is 0.189. The SMILES string of the molecule is O=S(=O)(c1c(Cl)cccc1Cl)N1CC[C@H](O)C1. The van der Waals surface area contributed by atoms with Crippen LogP contribution in [-0.4, -0.2) is 37.0 Å². The van der Waals surface area contributed by atoms with E-state index >= 15 is 0 Å². The maximum absolute atomic E-state index is 12.3. The third kappa shape index (κ3) is 2.44. The molecule has 1 heterocycles. The molecule has 1 N–H and O–H groups in total. The van der Waals surface area contributed by atoms with Gasteiger partial charge in [-0.25, -0.2) is 8.42 Å². The Bertz CT molecular complexity index is 512. The highest BCUT2D eigenvalue weighted by Gasteiger charge is 2.34. The number of aliphatic hydroxyl groups is 1. The number of sulfonamides is 1. The first-order valence-corrected chi connectivity index (χ1v) is 7.25. The van der Waals surface area contributed by atoms with Gasteiger partial charge in [-0.2, -0.15) is 4.31 Å². The van der Waals surface area contributed by atoms with E-state index in [2.05, 4.69) is 0 Å². The van der Waals surface area contributed by atoms with Crippen molar-refractivity contribution in [2.75, 3.05) is 13.1 Å². The summed E-state index contributed by atoms with van der Waals surface area (Å²) in [6, 6.07) is 4.54. The standard InChI is InChI=1S/C10H11Cl2NO3S/c11-8-2-1-3-9(12)10(8)17(15,16)13-5-4-7(14)6-13/h1-3,7,14H,4-6H2/t7-/m0/s1. The molecule has 4 nitrogen and oxygen atoms in total. The van der Waals surface area contributed by atoms with Crippen LogP contribution in [0.2, 0.25) is 10.0 Å². The van der Waals surface area contributed by atoms with E-state index in [0.29, 0.717) is 6.42 Å². The van der Waals surface area contributed by atoms with E-state index < -0.39 is 16.1 Å². The molecular weight excluding hydrogens is 285 g/mol. The van der Waals surface area contributed by atoms with Gasteiger partial charge in [-0.15, -0.1) is 0 Å². The second-order valence-electron chi connectivity index (χ2n) is 3.86. The van der Waals surface area contributed by atoms with Gasteiger partial charge >= 0.3 is 0 Å². The monoisotopic (exact) mass is 295 g/mol. The number of hydrogen-bond acceptors (Lipinski definition) is 3. The molecule has 0 saturated carbocycles. The molecule has 17 heavy (non-hydrogen) atoms. The lowest BCUT2D eigenvalue weighted by atomic mass is 10.3. The van der Waals surface area contributed by atoms with Gasteiger partial charge < -0.3 is 5.11 Å². The van der Waals surface area contributed by atoms with E-state index in [4.69, 9.17) is 23.2 Å². The Morgan fingerprint density at radius 3 is 2.35 bits per heavy atom. The minimum Gasteiger partial charge on any atom is -0.392 e. The van der Waals surface area contributed by atoms with Crippen molar-refractivity contribution in [3.05, 3.63) is 28.2 Å². The van der Waals surface area contributed by atoms with Gasteiger partial charge in [0.2, 0.25) is 10.0 Å². The Morgan fingerprint density at radius 2 is 1.88 bits per heavy atom. The average Bonchev–Trinajstić information content (AvgIpc) is 2.64. The molecule has 1 aliphatic heterocycles. The van der Waals surface area contributed by atoms with Crippen molar-refractivity contribution >= 4 is 33.2 Å². The van der Waals surface area contributed by atoms with Gasteiger partial charge in [0, 0.05) is 13.1 Å². The summed E-state index contributed by atoms with van der Waals surface area (Å²) in [7, 11) is -3.72. The third-order valence-electron chi connectivity index (χ3n) is 2.64. The number of β-amino-alcohol motifs (C(OH)–C–C–N with tert-alkyl or cyclic N) is 1. The molecule has 1 fully saturated rings. The average molecular weight is 296 g/mol. The van der Waals surface area contributed by atoms with Crippen molar-refractivity contribution < 1.29 is 13.5 Å². The molecule has 0 radical (unpaired) electrons. The number of aliphatic hydroxyl groups excluding tert-OH is 1. The van der Waals surface area contributed by atoms with Crippen molar-refractivity contribution in [3.8, 4) is 0 Å². The number of hydrogen-bond donors (Lipinski definition) is 1. The van der Waals surface area contributed by atoms with E-state index in [1.54, 1.807) is 6.07 Å². The maximum atomic E-state index is 12.3. The molecule has 0 amide bonds. The van der Waals surface area contributed by atoms with Crippen LogP contribution in [-0.2, 0) is 10.0 Å². The number of halogens is 2. The quantitative estimate of drug-likeness (QED) is 0.904. The normalized spacial score (nSPS) is 21.9. The molecule has 0 spiro atoms. The van der Waals surface area contributed by atoms with Crippen LogP contribution in [0.3, 0.4) is 0 Å². The Hall–Kier alpha value is -0.330. The molecule has 1 aliphatic rings. The minimum atomic E-state index is -3.72. The van der Waals surface area contributed by atoms with Gasteiger partial charge in [0.25, 0.3) is 0 Å². The van der Waals surface area contributed by atoms with Crippen LogP contribution in [0, 0.1) is 0 Å². The van der Waals surface area contributed by atoms with Crippen LogP contribution in [0.15, 0.2) is 23.1 Å². The molecular formula is C10H11Cl2NO3S. The van der Waals surface area contributed by atoms with Crippen LogP contribution in [0.25, 0.3) is 0 Å². The molecule has 1 aromatic carbocycles. The summed E-state index contributed by atoms with van der Waals surface area (Å²) in [6.07, 6.45) is -0.188. The Kier molecular flexibility index (Phi) is 3.66. The first kappa shape index (κ1) is 13.1. The van der Waals surface area contributed by atoms with E-state index in [0.717, 1.165) is 0 Å².